The molecule has 0 aliphatic carbocycles. The van der Waals surface area contributed by atoms with Gasteiger partial charge in [0.15, 0.2) is 5.78 Å². The van der Waals surface area contributed by atoms with Crippen LogP contribution in [0.25, 0.3) is 0 Å². The molecular formula is C18H22N3O3+. The summed E-state index contributed by atoms with van der Waals surface area (Å²) >= 11 is 0. The van der Waals surface area contributed by atoms with Crippen LogP contribution in [-0.4, -0.2) is 24.8 Å². The van der Waals surface area contributed by atoms with Gasteiger partial charge in [-0.1, -0.05) is 24.3 Å². The molecule has 0 amide bonds. The lowest BCUT2D eigenvalue weighted by atomic mass is 10.1. The maximum atomic E-state index is 11.4. The number of benzene rings is 2. The van der Waals surface area contributed by atoms with Crippen LogP contribution in [0.1, 0.15) is 28.4 Å². The van der Waals surface area contributed by atoms with Crippen molar-refractivity contribution in [2.75, 3.05) is 19.4 Å². The van der Waals surface area contributed by atoms with E-state index in [0.29, 0.717) is 17.8 Å². The third-order valence-electron chi connectivity index (χ3n) is 3.66. The molecule has 0 fully saturated rings. The van der Waals surface area contributed by atoms with E-state index in [4.69, 9.17) is 0 Å². The predicted octanol–water partition coefficient (Wildman–Crippen LogP) is 2.05. The van der Waals surface area contributed by atoms with E-state index in [9.17, 15) is 14.9 Å². The van der Waals surface area contributed by atoms with Crippen LogP contribution in [0.5, 0.6) is 0 Å². The lowest BCUT2D eigenvalue weighted by molar-refractivity contribution is -0.872. The van der Waals surface area contributed by atoms with Crippen molar-refractivity contribution in [2.24, 2.45) is 0 Å². The maximum absolute atomic E-state index is 11.4. The van der Waals surface area contributed by atoms with Gasteiger partial charge in [-0.05, 0) is 24.6 Å². The Morgan fingerprint density at radius 3 is 2.29 bits per heavy atom. The van der Waals surface area contributed by atoms with Crippen LogP contribution in [0.15, 0.2) is 42.5 Å². The smallest absolute Gasteiger partial charge is 0.293 e. The topological polar surface area (TPSA) is 76.7 Å². The van der Waals surface area contributed by atoms with Crippen molar-refractivity contribution in [2.45, 2.75) is 20.0 Å². The summed E-state index contributed by atoms with van der Waals surface area (Å²) < 4.78 is 0. The molecule has 0 aliphatic rings. The zero-order chi connectivity index (χ0) is 17.7. The Morgan fingerprint density at radius 2 is 1.75 bits per heavy atom. The standard InChI is InChI=1S/C18H21N3O3/c1-13(22)16-8-9-17(18(10-16)21(23)24)19-11-14-4-6-15(7-5-14)12-20(2)3/h4-10,19H,11-12H2,1-3H3/p+1. The summed E-state index contributed by atoms with van der Waals surface area (Å²) in [4.78, 5) is 23.5. The summed E-state index contributed by atoms with van der Waals surface area (Å²) in [5, 5.41) is 14.3. The summed E-state index contributed by atoms with van der Waals surface area (Å²) in [6.45, 7) is 2.82. The molecular weight excluding hydrogens is 306 g/mol. The van der Waals surface area contributed by atoms with E-state index in [2.05, 4.69) is 31.5 Å². The molecule has 0 saturated heterocycles. The van der Waals surface area contributed by atoms with Crippen molar-refractivity contribution in [1.29, 1.82) is 0 Å². The molecule has 2 aromatic rings. The summed E-state index contributed by atoms with van der Waals surface area (Å²) in [5.74, 6) is -0.191. The van der Waals surface area contributed by atoms with Gasteiger partial charge in [0.25, 0.3) is 5.69 Å². The molecule has 0 saturated carbocycles. The molecule has 0 radical (unpaired) electrons. The van der Waals surface area contributed by atoms with Gasteiger partial charge in [-0.25, -0.2) is 0 Å². The lowest BCUT2D eigenvalue weighted by Crippen LogP contribution is -3.04. The van der Waals surface area contributed by atoms with E-state index >= 15 is 0 Å². The van der Waals surface area contributed by atoms with Crippen LogP contribution in [0.3, 0.4) is 0 Å². The van der Waals surface area contributed by atoms with Crippen LogP contribution in [0.2, 0.25) is 0 Å². The minimum Gasteiger partial charge on any atom is -0.375 e. The number of ketones is 1. The number of nitrogens with zero attached hydrogens (tertiary/aromatic N) is 1. The molecule has 2 rings (SSSR count). The van der Waals surface area contributed by atoms with Crippen LogP contribution in [0, 0.1) is 10.1 Å². The quantitative estimate of drug-likeness (QED) is 0.463. The third-order valence-corrected chi connectivity index (χ3v) is 3.66. The number of nitrogens with one attached hydrogen (secondary N) is 2. The van der Waals surface area contributed by atoms with Gasteiger partial charge in [-0.15, -0.1) is 0 Å². The summed E-state index contributed by atoms with van der Waals surface area (Å²) in [6, 6.07) is 12.7. The van der Waals surface area contributed by atoms with Crippen LogP contribution in [0.4, 0.5) is 11.4 Å². The number of anilines is 1. The summed E-state index contributed by atoms with van der Waals surface area (Å²) in [6.07, 6.45) is 0. The van der Waals surface area contributed by atoms with Crippen molar-refractivity contribution in [1.82, 2.24) is 0 Å². The second kappa shape index (κ2) is 7.70. The third kappa shape index (κ3) is 4.63. The SMILES string of the molecule is CC(=O)c1ccc(NCc2ccc(C[NH+](C)C)cc2)c([N+](=O)[O-])c1. The highest BCUT2D eigenvalue weighted by Crippen LogP contribution is 2.26. The van der Waals surface area contributed by atoms with Gasteiger partial charge in [0, 0.05) is 23.7 Å². The normalized spacial score (nSPS) is 10.7. The van der Waals surface area contributed by atoms with Gasteiger partial charge in [0.1, 0.15) is 12.2 Å². The van der Waals surface area contributed by atoms with Crippen molar-refractivity contribution >= 4 is 17.2 Å². The summed E-state index contributed by atoms with van der Waals surface area (Å²) in [5.41, 5.74) is 2.94. The Bertz CT molecular complexity index is 740. The van der Waals surface area contributed by atoms with Crippen LogP contribution < -0.4 is 10.2 Å². The Morgan fingerprint density at radius 1 is 1.12 bits per heavy atom. The molecule has 6 nitrogen and oxygen atoms in total. The number of hydrogen-bond acceptors (Lipinski definition) is 4. The highest BCUT2D eigenvalue weighted by molar-refractivity contribution is 5.95. The zero-order valence-electron chi connectivity index (χ0n) is 14.1. The van der Waals surface area contributed by atoms with Gasteiger partial charge in [-0.2, -0.15) is 0 Å². The van der Waals surface area contributed by atoms with Crippen molar-refractivity contribution in [3.8, 4) is 0 Å². The molecule has 0 spiro atoms. The number of hydrogen-bond donors (Lipinski definition) is 2. The molecule has 2 N–H and O–H groups in total. The minimum absolute atomic E-state index is 0.0875. The molecule has 0 heterocycles. The van der Waals surface area contributed by atoms with Crippen molar-refractivity contribution < 1.29 is 14.6 Å². The number of Topliss-reactive ketones (excluding diaryl/α,β-unsaturated/α-hetero) is 1. The van der Waals surface area contributed by atoms with Crippen LogP contribution in [-0.2, 0) is 13.1 Å². The monoisotopic (exact) mass is 328 g/mol. The van der Waals surface area contributed by atoms with E-state index < -0.39 is 4.92 Å². The highest BCUT2D eigenvalue weighted by atomic mass is 16.6. The fraction of sp³-hybridized carbons (Fsp3) is 0.278. The van der Waals surface area contributed by atoms with Gasteiger partial charge >= 0.3 is 0 Å². The lowest BCUT2D eigenvalue weighted by Gasteiger charge is -2.10. The summed E-state index contributed by atoms with van der Waals surface area (Å²) in [7, 11) is 4.19. The van der Waals surface area contributed by atoms with E-state index in [1.807, 2.05) is 12.1 Å². The van der Waals surface area contributed by atoms with Gasteiger partial charge < -0.3 is 10.2 Å². The fourth-order valence-corrected chi connectivity index (χ4v) is 2.43. The first kappa shape index (κ1) is 17.6. The Kier molecular flexibility index (Phi) is 5.65. The molecule has 24 heavy (non-hydrogen) atoms. The van der Waals surface area contributed by atoms with E-state index in [0.717, 1.165) is 12.1 Å². The molecule has 0 aromatic heterocycles. The van der Waals surface area contributed by atoms with Gasteiger partial charge in [0.2, 0.25) is 0 Å². The molecule has 0 atom stereocenters. The first-order valence-electron chi connectivity index (χ1n) is 7.77. The van der Waals surface area contributed by atoms with Crippen LogP contribution >= 0.6 is 0 Å². The zero-order valence-corrected chi connectivity index (χ0v) is 14.1. The Hall–Kier alpha value is -2.73. The first-order chi connectivity index (χ1) is 11.4. The number of rotatable bonds is 7. The number of nitro groups is 1. The van der Waals surface area contributed by atoms with Crippen molar-refractivity contribution in [3.63, 3.8) is 0 Å². The largest absolute Gasteiger partial charge is 0.375 e. The first-order valence-corrected chi connectivity index (χ1v) is 7.77. The molecule has 0 unspecified atom stereocenters. The predicted molar refractivity (Wildman–Crippen MR) is 93.4 cm³/mol. The number of quaternary nitrogens is 1. The number of nitro benzene ring substituents is 1. The number of carbonyl (C=O) groups is 1. The Balaban J connectivity index is 2.11. The molecule has 0 aliphatic heterocycles. The fourth-order valence-electron chi connectivity index (χ4n) is 2.43. The average molecular weight is 328 g/mol. The average Bonchev–Trinajstić information content (AvgIpc) is 2.53. The minimum atomic E-state index is -0.474. The van der Waals surface area contributed by atoms with E-state index in [1.54, 1.807) is 12.1 Å². The van der Waals surface area contributed by atoms with Gasteiger partial charge in [0.05, 0.1) is 19.0 Å². The second-order valence-corrected chi connectivity index (χ2v) is 6.10. The molecule has 2 aromatic carbocycles. The highest BCUT2D eigenvalue weighted by Gasteiger charge is 2.16. The molecule has 6 heteroatoms. The molecule has 0 bridgehead atoms. The Labute approximate surface area is 141 Å². The second-order valence-electron chi connectivity index (χ2n) is 6.10. The number of carbonyl (C=O) groups excluding carboxylic acids is 1. The van der Waals surface area contributed by atoms with Crippen molar-refractivity contribution in [3.05, 3.63) is 69.3 Å². The van der Waals surface area contributed by atoms with Gasteiger partial charge in [-0.3, -0.25) is 14.9 Å². The molecule has 126 valence electrons. The van der Waals surface area contributed by atoms with E-state index in [-0.39, 0.29) is 11.5 Å². The maximum Gasteiger partial charge on any atom is 0.293 e. The van der Waals surface area contributed by atoms with E-state index in [1.165, 1.54) is 23.5 Å².